The molecule has 0 unspecified atom stereocenters. The van der Waals surface area contributed by atoms with Gasteiger partial charge in [0.25, 0.3) is 17.7 Å². The number of furan rings is 1. The number of benzene rings is 2. The van der Waals surface area contributed by atoms with Crippen molar-refractivity contribution in [3.63, 3.8) is 0 Å². The van der Waals surface area contributed by atoms with Crippen molar-refractivity contribution in [3.05, 3.63) is 101 Å². The molecule has 0 spiro atoms. The van der Waals surface area contributed by atoms with Crippen molar-refractivity contribution in [2.75, 3.05) is 7.05 Å². The molecule has 0 aliphatic heterocycles. The minimum Gasteiger partial charge on any atom is -0.465 e. The zero-order chi connectivity index (χ0) is 21.3. The summed E-state index contributed by atoms with van der Waals surface area (Å²) in [5.74, 6) is -0.682. The normalized spacial score (nSPS) is 10.9. The summed E-state index contributed by atoms with van der Waals surface area (Å²) in [6.45, 7) is 0.181. The molecule has 3 aromatic rings. The molecule has 1 heterocycles. The maximum atomic E-state index is 12.8. The molecule has 0 saturated carbocycles. The third-order valence-corrected chi connectivity index (χ3v) is 4.23. The van der Waals surface area contributed by atoms with E-state index in [-0.39, 0.29) is 18.1 Å². The Hall–Kier alpha value is -4.13. The van der Waals surface area contributed by atoms with E-state index in [0.717, 1.165) is 5.56 Å². The second-order valence-electron chi connectivity index (χ2n) is 6.36. The quantitative estimate of drug-likeness (QED) is 0.528. The highest BCUT2D eigenvalue weighted by Crippen LogP contribution is 2.09. The van der Waals surface area contributed by atoms with Crippen LogP contribution in [0.1, 0.15) is 32.0 Å². The fourth-order valence-corrected chi connectivity index (χ4v) is 2.70. The van der Waals surface area contributed by atoms with Crippen molar-refractivity contribution < 1.29 is 18.8 Å². The highest BCUT2D eigenvalue weighted by molar-refractivity contribution is 6.05. The van der Waals surface area contributed by atoms with Crippen LogP contribution in [-0.2, 0) is 11.3 Å². The van der Waals surface area contributed by atoms with Gasteiger partial charge in [0.1, 0.15) is 11.5 Å². The lowest BCUT2D eigenvalue weighted by atomic mass is 10.1. The lowest BCUT2D eigenvalue weighted by Gasteiger charge is -2.11. The van der Waals surface area contributed by atoms with Gasteiger partial charge in [0, 0.05) is 30.8 Å². The van der Waals surface area contributed by atoms with E-state index in [1.807, 2.05) is 0 Å². The van der Waals surface area contributed by atoms with Crippen LogP contribution in [0.5, 0.6) is 0 Å². The number of hydrogen-bond acceptors (Lipinski definition) is 4. The van der Waals surface area contributed by atoms with Gasteiger partial charge in [-0.1, -0.05) is 30.3 Å². The van der Waals surface area contributed by atoms with Crippen LogP contribution < -0.4 is 16.0 Å². The molecule has 0 bridgehead atoms. The zero-order valence-electron chi connectivity index (χ0n) is 16.3. The Labute approximate surface area is 173 Å². The van der Waals surface area contributed by atoms with Crippen molar-refractivity contribution >= 4 is 23.8 Å². The summed E-state index contributed by atoms with van der Waals surface area (Å²) in [6, 6.07) is 18.9. The van der Waals surface area contributed by atoms with E-state index in [1.54, 1.807) is 73.8 Å². The summed E-state index contributed by atoms with van der Waals surface area (Å²) in [4.78, 5) is 37.1. The predicted molar refractivity (Wildman–Crippen MR) is 112 cm³/mol. The molecule has 152 valence electrons. The molecule has 3 amide bonds. The van der Waals surface area contributed by atoms with Crippen LogP contribution in [0.3, 0.4) is 0 Å². The van der Waals surface area contributed by atoms with Crippen LogP contribution in [0, 0.1) is 0 Å². The monoisotopic (exact) mass is 403 g/mol. The molecule has 0 saturated heterocycles. The van der Waals surface area contributed by atoms with E-state index in [9.17, 15) is 14.4 Å². The molecule has 0 atom stereocenters. The first-order valence-electron chi connectivity index (χ1n) is 9.27. The van der Waals surface area contributed by atoms with Crippen molar-refractivity contribution in [1.29, 1.82) is 0 Å². The highest BCUT2D eigenvalue weighted by Gasteiger charge is 2.15. The molecule has 2 aromatic carbocycles. The molecule has 7 heteroatoms. The SMILES string of the molecule is CNC(=O)c1cccc(CNC(=O)/C(=C/c2ccco2)NC(=O)c2ccccc2)c1. The van der Waals surface area contributed by atoms with Gasteiger partial charge in [-0.25, -0.2) is 0 Å². The lowest BCUT2D eigenvalue weighted by molar-refractivity contribution is -0.117. The molecular weight excluding hydrogens is 382 g/mol. The zero-order valence-corrected chi connectivity index (χ0v) is 16.3. The van der Waals surface area contributed by atoms with Crippen LogP contribution in [0.4, 0.5) is 0 Å². The van der Waals surface area contributed by atoms with Gasteiger partial charge in [0.2, 0.25) is 0 Å². The summed E-state index contributed by atoms with van der Waals surface area (Å²) in [5, 5.41) is 7.95. The molecule has 1 aromatic heterocycles. The third kappa shape index (κ3) is 5.45. The molecular formula is C23H21N3O4. The van der Waals surface area contributed by atoms with E-state index < -0.39 is 11.8 Å². The molecule has 0 aliphatic carbocycles. The Morgan fingerprint density at radius 3 is 2.37 bits per heavy atom. The molecule has 0 aliphatic rings. The Morgan fingerprint density at radius 2 is 1.67 bits per heavy atom. The maximum Gasteiger partial charge on any atom is 0.268 e. The molecule has 7 nitrogen and oxygen atoms in total. The van der Waals surface area contributed by atoms with Gasteiger partial charge < -0.3 is 20.4 Å². The van der Waals surface area contributed by atoms with Gasteiger partial charge in [0.05, 0.1) is 6.26 Å². The topological polar surface area (TPSA) is 100 Å². The average molecular weight is 403 g/mol. The smallest absolute Gasteiger partial charge is 0.268 e. The Balaban J connectivity index is 1.74. The standard InChI is InChI=1S/C23H21N3O4/c1-24-21(27)18-10-5-7-16(13-18)15-25-23(29)20(14-19-11-6-12-30-19)26-22(28)17-8-3-2-4-9-17/h2-14H,15H2,1H3,(H,24,27)(H,25,29)(H,26,28)/b20-14-. The van der Waals surface area contributed by atoms with E-state index >= 15 is 0 Å². The van der Waals surface area contributed by atoms with Gasteiger partial charge in [-0.2, -0.15) is 0 Å². The van der Waals surface area contributed by atoms with Gasteiger partial charge in [0.15, 0.2) is 0 Å². The van der Waals surface area contributed by atoms with Crippen LogP contribution in [0.15, 0.2) is 83.1 Å². The van der Waals surface area contributed by atoms with Gasteiger partial charge in [-0.15, -0.1) is 0 Å². The number of hydrogen-bond donors (Lipinski definition) is 3. The summed E-state index contributed by atoms with van der Waals surface area (Å²) in [5.41, 5.74) is 1.71. The van der Waals surface area contributed by atoms with Crippen molar-refractivity contribution in [1.82, 2.24) is 16.0 Å². The number of nitrogens with one attached hydrogen (secondary N) is 3. The molecule has 0 fully saturated rings. The second kappa shape index (κ2) is 9.88. The van der Waals surface area contributed by atoms with Crippen LogP contribution in [0.25, 0.3) is 6.08 Å². The summed E-state index contributed by atoms with van der Waals surface area (Å²) >= 11 is 0. The van der Waals surface area contributed by atoms with Gasteiger partial charge in [-0.3, -0.25) is 14.4 Å². The molecule has 3 rings (SSSR count). The Kier molecular flexibility index (Phi) is 6.78. The molecule has 30 heavy (non-hydrogen) atoms. The number of amides is 3. The summed E-state index contributed by atoms with van der Waals surface area (Å²) < 4.78 is 5.27. The van der Waals surface area contributed by atoms with Crippen LogP contribution in [-0.4, -0.2) is 24.8 Å². The first kappa shape index (κ1) is 20.6. The lowest BCUT2D eigenvalue weighted by Crippen LogP contribution is -2.34. The van der Waals surface area contributed by atoms with Gasteiger partial charge in [-0.05, 0) is 42.0 Å². The number of rotatable bonds is 7. The van der Waals surface area contributed by atoms with Crippen molar-refractivity contribution in [2.45, 2.75) is 6.54 Å². The first-order valence-corrected chi connectivity index (χ1v) is 9.27. The van der Waals surface area contributed by atoms with E-state index in [2.05, 4.69) is 16.0 Å². The van der Waals surface area contributed by atoms with Crippen LogP contribution in [0.2, 0.25) is 0 Å². The first-order chi connectivity index (χ1) is 14.6. The van der Waals surface area contributed by atoms with E-state index in [0.29, 0.717) is 16.9 Å². The second-order valence-corrected chi connectivity index (χ2v) is 6.36. The van der Waals surface area contributed by atoms with E-state index in [4.69, 9.17) is 4.42 Å². The van der Waals surface area contributed by atoms with Crippen molar-refractivity contribution in [3.8, 4) is 0 Å². The van der Waals surface area contributed by atoms with Gasteiger partial charge >= 0.3 is 0 Å². The van der Waals surface area contributed by atoms with Crippen LogP contribution >= 0.6 is 0 Å². The highest BCUT2D eigenvalue weighted by atomic mass is 16.3. The Bertz CT molecular complexity index is 1060. The Morgan fingerprint density at radius 1 is 0.900 bits per heavy atom. The maximum absolute atomic E-state index is 12.8. The summed E-state index contributed by atoms with van der Waals surface area (Å²) in [7, 11) is 1.55. The molecule has 0 radical (unpaired) electrons. The summed E-state index contributed by atoms with van der Waals surface area (Å²) in [6.07, 6.45) is 2.93. The van der Waals surface area contributed by atoms with Crippen molar-refractivity contribution in [2.24, 2.45) is 0 Å². The minimum atomic E-state index is -0.485. The third-order valence-electron chi connectivity index (χ3n) is 4.23. The fraction of sp³-hybridized carbons (Fsp3) is 0.0870. The number of carbonyl (C=O) groups excluding carboxylic acids is 3. The molecule has 3 N–H and O–H groups in total. The largest absolute Gasteiger partial charge is 0.465 e. The predicted octanol–water partition coefficient (Wildman–Crippen LogP) is 2.73. The average Bonchev–Trinajstić information content (AvgIpc) is 3.30. The minimum absolute atomic E-state index is 0.0428. The number of carbonyl (C=O) groups is 3. The van der Waals surface area contributed by atoms with E-state index in [1.165, 1.54) is 12.3 Å². The fourth-order valence-electron chi connectivity index (χ4n) is 2.70.